The Bertz CT molecular complexity index is 375. The molecule has 1 aromatic rings. The molecule has 0 unspecified atom stereocenters. The Morgan fingerprint density at radius 1 is 1.06 bits per heavy atom. The smallest absolute Gasteiger partial charge is 0.126 e. The fraction of sp³-hybridized carbons (Fsp3) is 0.643. The fourth-order valence-corrected chi connectivity index (χ4v) is 1.41. The van der Waals surface area contributed by atoms with Crippen molar-refractivity contribution in [1.82, 2.24) is 4.98 Å². The molecule has 0 saturated carbocycles. The third-order valence-corrected chi connectivity index (χ3v) is 3.14. The van der Waals surface area contributed by atoms with Crippen molar-refractivity contribution in [3.63, 3.8) is 0 Å². The number of pyridine rings is 1. The lowest BCUT2D eigenvalue weighted by molar-refractivity contribution is 0.469. The minimum absolute atomic E-state index is 0.0674. The van der Waals surface area contributed by atoms with Crippen molar-refractivity contribution in [1.29, 1.82) is 0 Å². The highest BCUT2D eigenvalue weighted by molar-refractivity contribution is 5.23. The Morgan fingerprint density at radius 2 is 1.56 bits per heavy atom. The lowest BCUT2D eigenvalue weighted by Crippen LogP contribution is -2.22. The minimum Gasteiger partial charge on any atom is -0.257 e. The van der Waals surface area contributed by atoms with Gasteiger partial charge in [-0.15, -0.1) is 0 Å². The second-order valence-electron chi connectivity index (χ2n) is 6.04. The summed E-state index contributed by atoms with van der Waals surface area (Å²) in [5, 5.41) is 0. The largest absolute Gasteiger partial charge is 0.257 e. The van der Waals surface area contributed by atoms with Crippen LogP contribution >= 0.6 is 0 Å². The minimum atomic E-state index is -0.184. The maximum absolute atomic E-state index is 13.6. The van der Waals surface area contributed by atoms with Gasteiger partial charge in [0.05, 0.1) is 0 Å². The zero-order chi connectivity index (χ0) is 12.6. The van der Waals surface area contributed by atoms with Crippen LogP contribution in [0.1, 0.15) is 59.4 Å². The molecular formula is C14H22FN. The molecular weight excluding hydrogens is 201 g/mol. The Balaban J connectivity index is 3.29. The van der Waals surface area contributed by atoms with E-state index in [4.69, 9.17) is 0 Å². The van der Waals surface area contributed by atoms with Gasteiger partial charge in [0.2, 0.25) is 0 Å². The summed E-state index contributed by atoms with van der Waals surface area (Å²) in [5.74, 6) is -0.184. The van der Waals surface area contributed by atoms with E-state index < -0.39 is 0 Å². The van der Waals surface area contributed by atoms with E-state index in [2.05, 4.69) is 46.5 Å². The van der Waals surface area contributed by atoms with E-state index in [1.807, 2.05) is 0 Å². The van der Waals surface area contributed by atoms with Gasteiger partial charge in [-0.25, -0.2) is 4.39 Å². The Morgan fingerprint density at radius 3 is 2.00 bits per heavy atom. The molecule has 0 fully saturated rings. The van der Waals surface area contributed by atoms with Gasteiger partial charge in [0.25, 0.3) is 0 Å². The first kappa shape index (κ1) is 13.1. The molecule has 0 atom stereocenters. The van der Waals surface area contributed by atoms with Crippen LogP contribution in [0, 0.1) is 5.82 Å². The molecule has 1 heterocycles. The van der Waals surface area contributed by atoms with Gasteiger partial charge in [0, 0.05) is 22.2 Å². The van der Waals surface area contributed by atoms with Crippen LogP contribution in [0.4, 0.5) is 4.39 Å². The normalized spacial score (nSPS) is 12.9. The summed E-state index contributed by atoms with van der Waals surface area (Å²) in [6.45, 7) is 12.5. The summed E-state index contributed by atoms with van der Waals surface area (Å²) in [6, 6.07) is 3.09. The predicted octanol–water partition coefficient (Wildman–Crippen LogP) is 4.21. The SMILES string of the molecule is CCC(C)(C)c1cc(F)cc(C(C)(C)C)n1. The van der Waals surface area contributed by atoms with Gasteiger partial charge in [0.1, 0.15) is 5.82 Å². The highest BCUT2D eigenvalue weighted by Gasteiger charge is 2.24. The number of hydrogen-bond acceptors (Lipinski definition) is 1. The van der Waals surface area contributed by atoms with Crippen LogP contribution in [0.3, 0.4) is 0 Å². The third kappa shape index (κ3) is 2.81. The molecule has 2 heteroatoms. The molecule has 0 radical (unpaired) electrons. The zero-order valence-electron chi connectivity index (χ0n) is 11.2. The first-order chi connectivity index (χ1) is 7.16. The number of rotatable bonds is 2. The average Bonchev–Trinajstić information content (AvgIpc) is 2.15. The van der Waals surface area contributed by atoms with Crippen LogP contribution in [-0.2, 0) is 10.8 Å². The molecule has 1 aromatic heterocycles. The molecule has 1 nitrogen and oxygen atoms in total. The van der Waals surface area contributed by atoms with Gasteiger partial charge >= 0.3 is 0 Å². The topological polar surface area (TPSA) is 12.9 Å². The highest BCUT2D eigenvalue weighted by atomic mass is 19.1. The lowest BCUT2D eigenvalue weighted by Gasteiger charge is -2.25. The number of halogens is 1. The standard InChI is InChI=1S/C14H22FN/c1-7-14(5,6)12-9-10(15)8-11(16-12)13(2,3)4/h8-9H,7H2,1-6H3. The number of aromatic nitrogens is 1. The van der Waals surface area contributed by atoms with Crippen molar-refractivity contribution in [2.45, 2.75) is 58.8 Å². The van der Waals surface area contributed by atoms with Gasteiger partial charge in [-0.05, 0) is 18.6 Å². The quantitative estimate of drug-likeness (QED) is 0.732. The molecule has 0 amide bonds. The molecule has 0 N–H and O–H groups in total. The Hall–Kier alpha value is -0.920. The molecule has 90 valence electrons. The van der Waals surface area contributed by atoms with Crippen LogP contribution in [0.2, 0.25) is 0 Å². The monoisotopic (exact) mass is 223 g/mol. The molecule has 1 rings (SSSR count). The predicted molar refractivity (Wildman–Crippen MR) is 66.2 cm³/mol. The molecule has 0 aliphatic rings. The summed E-state index contributed by atoms with van der Waals surface area (Å²) in [4.78, 5) is 4.61. The maximum atomic E-state index is 13.6. The first-order valence-corrected chi connectivity index (χ1v) is 5.85. The molecule has 0 spiro atoms. The third-order valence-electron chi connectivity index (χ3n) is 3.14. The second-order valence-corrected chi connectivity index (χ2v) is 6.04. The molecule has 16 heavy (non-hydrogen) atoms. The van der Waals surface area contributed by atoms with Gasteiger partial charge < -0.3 is 0 Å². The van der Waals surface area contributed by atoms with E-state index in [0.717, 1.165) is 17.8 Å². The second kappa shape index (κ2) is 4.15. The van der Waals surface area contributed by atoms with E-state index in [1.165, 1.54) is 6.07 Å². The van der Waals surface area contributed by atoms with E-state index in [1.54, 1.807) is 6.07 Å². The lowest BCUT2D eigenvalue weighted by atomic mass is 9.84. The van der Waals surface area contributed by atoms with Crippen LogP contribution in [0.25, 0.3) is 0 Å². The van der Waals surface area contributed by atoms with Gasteiger partial charge in [-0.3, -0.25) is 4.98 Å². The van der Waals surface area contributed by atoms with Gasteiger partial charge in [-0.2, -0.15) is 0 Å². The van der Waals surface area contributed by atoms with Crippen molar-refractivity contribution in [3.05, 3.63) is 29.3 Å². The van der Waals surface area contributed by atoms with Crippen LogP contribution < -0.4 is 0 Å². The summed E-state index contributed by atoms with van der Waals surface area (Å²) in [7, 11) is 0. The molecule has 0 bridgehead atoms. The first-order valence-electron chi connectivity index (χ1n) is 5.85. The van der Waals surface area contributed by atoms with E-state index >= 15 is 0 Å². The van der Waals surface area contributed by atoms with Crippen LogP contribution in [-0.4, -0.2) is 4.98 Å². The van der Waals surface area contributed by atoms with Crippen LogP contribution in [0.15, 0.2) is 12.1 Å². The average molecular weight is 223 g/mol. The van der Waals surface area contributed by atoms with E-state index in [0.29, 0.717) is 0 Å². The molecule has 0 aromatic carbocycles. The summed E-state index contributed by atoms with van der Waals surface area (Å²) in [5.41, 5.74) is 1.49. The van der Waals surface area contributed by atoms with Crippen LogP contribution in [0.5, 0.6) is 0 Å². The van der Waals surface area contributed by atoms with Gasteiger partial charge in [-0.1, -0.05) is 41.5 Å². The summed E-state index contributed by atoms with van der Waals surface area (Å²) in [6.07, 6.45) is 0.951. The van der Waals surface area contributed by atoms with E-state index in [-0.39, 0.29) is 16.6 Å². The summed E-state index contributed by atoms with van der Waals surface area (Å²) >= 11 is 0. The molecule has 0 aliphatic heterocycles. The molecule has 0 aliphatic carbocycles. The highest BCUT2D eigenvalue weighted by Crippen LogP contribution is 2.28. The maximum Gasteiger partial charge on any atom is 0.126 e. The zero-order valence-corrected chi connectivity index (χ0v) is 11.2. The number of hydrogen-bond donors (Lipinski definition) is 0. The van der Waals surface area contributed by atoms with Crippen molar-refractivity contribution in [2.24, 2.45) is 0 Å². The fourth-order valence-electron chi connectivity index (χ4n) is 1.41. The van der Waals surface area contributed by atoms with Crippen molar-refractivity contribution >= 4 is 0 Å². The van der Waals surface area contributed by atoms with Crippen molar-refractivity contribution < 1.29 is 4.39 Å². The molecule has 0 saturated heterocycles. The Kier molecular flexibility index (Phi) is 3.41. The van der Waals surface area contributed by atoms with Crippen molar-refractivity contribution in [3.8, 4) is 0 Å². The van der Waals surface area contributed by atoms with E-state index in [9.17, 15) is 4.39 Å². The summed E-state index contributed by atoms with van der Waals surface area (Å²) < 4.78 is 13.6. The van der Waals surface area contributed by atoms with Gasteiger partial charge in [0.15, 0.2) is 0 Å². The Labute approximate surface area is 98.1 Å². The number of nitrogens with zero attached hydrogens (tertiary/aromatic N) is 1. The van der Waals surface area contributed by atoms with Crippen molar-refractivity contribution in [2.75, 3.05) is 0 Å².